The molecule has 0 aliphatic carbocycles. The van der Waals surface area contributed by atoms with Crippen LogP contribution in [0.4, 0.5) is 0 Å². The van der Waals surface area contributed by atoms with Crippen molar-refractivity contribution in [2.75, 3.05) is 20.1 Å². The summed E-state index contributed by atoms with van der Waals surface area (Å²) in [6.45, 7) is 3.77. The van der Waals surface area contributed by atoms with Crippen molar-refractivity contribution in [3.8, 4) is 0 Å². The third-order valence-corrected chi connectivity index (χ3v) is 4.44. The van der Waals surface area contributed by atoms with Crippen molar-refractivity contribution in [3.63, 3.8) is 0 Å². The predicted molar refractivity (Wildman–Crippen MR) is 84.3 cm³/mol. The highest BCUT2D eigenvalue weighted by atomic mass is 16.2. The Morgan fingerprint density at radius 1 is 1.33 bits per heavy atom. The number of benzene rings is 1. The van der Waals surface area contributed by atoms with Crippen molar-refractivity contribution < 1.29 is 4.79 Å². The van der Waals surface area contributed by atoms with Gasteiger partial charge in [0.05, 0.1) is 0 Å². The van der Waals surface area contributed by atoms with Gasteiger partial charge in [-0.1, -0.05) is 31.2 Å². The zero-order valence-corrected chi connectivity index (χ0v) is 12.5. The second-order valence-corrected chi connectivity index (χ2v) is 5.79. The van der Waals surface area contributed by atoms with Gasteiger partial charge in [0.1, 0.15) is 5.69 Å². The monoisotopic (exact) mass is 283 g/mol. The zero-order chi connectivity index (χ0) is 14.8. The number of carbonyl (C=O) groups excluding carboxylic acids is 1. The molecular formula is C17H21N3O. The molecule has 4 heteroatoms. The van der Waals surface area contributed by atoms with E-state index in [4.69, 9.17) is 0 Å². The number of piperidine rings is 1. The lowest BCUT2D eigenvalue weighted by Gasteiger charge is -2.36. The Hall–Kier alpha value is -1.94. The summed E-state index contributed by atoms with van der Waals surface area (Å²) in [4.78, 5) is 19.1. The molecule has 2 heterocycles. The standard InChI is InChI=1S/C17H21N3O/c1-12-11-20(10-8-15(12)18-2)17(21)16-14-6-4-3-5-13(14)7-9-19-16/h3-7,9,12,15,18H,8,10-11H2,1-2H3. The van der Waals surface area contributed by atoms with Crippen LogP contribution in [0.25, 0.3) is 10.8 Å². The lowest BCUT2D eigenvalue weighted by molar-refractivity contribution is 0.0645. The fourth-order valence-electron chi connectivity index (χ4n) is 3.20. The van der Waals surface area contributed by atoms with Crippen LogP contribution in [0, 0.1) is 5.92 Å². The number of carbonyl (C=O) groups is 1. The third kappa shape index (κ3) is 2.63. The molecule has 3 rings (SSSR count). The minimum atomic E-state index is 0.0493. The maximum Gasteiger partial charge on any atom is 0.273 e. The highest BCUT2D eigenvalue weighted by molar-refractivity contribution is 6.05. The smallest absolute Gasteiger partial charge is 0.273 e. The van der Waals surface area contributed by atoms with E-state index in [-0.39, 0.29) is 5.91 Å². The van der Waals surface area contributed by atoms with E-state index in [1.54, 1.807) is 6.20 Å². The van der Waals surface area contributed by atoms with Crippen LogP contribution in [0.1, 0.15) is 23.8 Å². The summed E-state index contributed by atoms with van der Waals surface area (Å²) in [7, 11) is 1.99. The summed E-state index contributed by atoms with van der Waals surface area (Å²) < 4.78 is 0. The molecular weight excluding hydrogens is 262 g/mol. The first kappa shape index (κ1) is 14.0. The van der Waals surface area contributed by atoms with Crippen LogP contribution in [-0.2, 0) is 0 Å². The van der Waals surface area contributed by atoms with Crippen molar-refractivity contribution >= 4 is 16.7 Å². The first-order chi connectivity index (χ1) is 10.2. The topological polar surface area (TPSA) is 45.2 Å². The molecule has 1 fully saturated rings. The minimum Gasteiger partial charge on any atom is -0.337 e. The number of hydrogen-bond acceptors (Lipinski definition) is 3. The van der Waals surface area contributed by atoms with Gasteiger partial charge in [-0.05, 0) is 30.8 Å². The number of nitrogens with one attached hydrogen (secondary N) is 1. The number of rotatable bonds is 2. The number of pyridine rings is 1. The molecule has 1 amide bonds. The Labute approximate surface area is 125 Å². The van der Waals surface area contributed by atoms with Crippen LogP contribution in [-0.4, -0.2) is 42.0 Å². The number of likely N-dealkylation sites (tertiary alicyclic amines) is 1. The summed E-state index contributed by atoms with van der Waals surface area (Å²) in [5.41, 5.74) is 0.572. The van der Waals surface area contributed by atoms with E-state index in [9.17, 15) is 4.79 Å². The van der Waals surface area contributed by atoms with Crippen molar-refractivity contribution in [2.45, 2.75) is 19.4 Å². The zero-order valence-electron chi connectivity index (χ0n) is 12.5. The first-order valence-electron chi connectivity index (χ1n) is 7.51. The highest BCUT2D eigenvalue weighted by Gasteiger charge is 2.29. The number of aromatic nitrogens is 1. The van der Waals surface area contributed by atoms with Gasteiger partial charge in [-0.3, -0.25) is 9.78 Å². The molecule has 2 atom stereocenters. The normalized spacial score (nSPS) is 22.5. The van der Waals surface area contributed by atoms with Crippen LogP contribution >= 0.6 is 0 Å². The second kappa shape index (κ2) is 5.82. The maximum absolute atomic E-state index is 12.8. The molecule has 0 saturated carbocycles. The van der Waals surface area contributed by atoms with Gasteiger partial charge in [0.25, 0.3) is 5.91 Å². The van der Waals surface area contributed by atoms with Gasteiger partial charge in [-0.25, -0.2) is 0 Å². The molecule has 1 N–H and O–H groups in total. The van der Waals surface area contributed by atoms with E-state index >= 15 is 0 Å². The fourth-order valence-corrected chi connectivity index (χ4v) is 3.20. The summed E-state index contributed by atoms with van der Waals surface area (Å²) in [5, 5.41) is 5.33. The highest BCUT2D eigenvalue weighted by Crippen LogP contribution is 2.22. The largest absolute Gasteiger partial charge is 0.337 e. The van der Waals surface area contributed by atoms with Gasteiger partial charge >= 0.3 is 0 Å². The molecule has 1 aromatic heterocycles. The van der Waals surface area contributed by atoms with Gasteiger partial charge in [0.15, 0.2) is 0 Å². The molecule has 1 aromatic carbocycles. The summed E-state index contributed by atoms with van der Waals surface area (Å²) in [6.07, 6.45) is 2.72. The van der Waals surface area contributed by atoms with E-state index in [1.165, 1.54) is 0 Å². The quantitative estimate of drug-likeness (QED) is 0.920. The molecule has 2 unspecified atom stereocenters. The summed E-state index contributed by atoms with van der Waals surface area (Å²) in [6, 6.07) is 10.4. The molecule has 1 aliphatic rings. The van der Waals surface area contributed by atoms with Crippen molar-refractivity contribution in [1.82, 2.24) is 15.2 Å². The third-order valence-electron chi connectivity index (χ3n) is 4.44. The molecule has 2 aromatic rings. The Kier molecular flexibility index (Phi) is 3.88. The number of fused-ring (bicyclic) bond motifs is 1. The maximum atomic E-state index is 12.8. The summed E-state index contributed by atoms with van der Waals surface area (Å²) >= 11 is 0. The van der Waals surface area contributed by atoms with E-state index in [1.807, 2.05) is 42.3 Å². The number of amides is 1. The van der Waals surface area contributed by atoms with Gasteiger partial charge in [0, 0.05) is 30.7 Å². The van der Waals surface area contributed by atoms with Crippen LogP contribution in [0.15, 0.2) is 36.5 Å². The molecule has 1 saturated heterocycles. The minimum absolute atomic E-state index is 0.0493. The van der Waals surface area contributed by atoms with Crippen LogP contribution < -0.4 is 5.32 Å². The molecule has 0 spiro atoms. The molecule has 0 radical (unpaired) electrons. The van der Waals surface area contributed by atoms with Gasteiger partial charge in [-0.15, -0.1) is 0 Å². The van der Waals surface area contributed by atoms with E-state index in [0.29, 0.717) is 17.7 Å². The lowest BCUT2D eigenvalue weighted by atomic mass is 9.93. The number of nitrogens with zero attached hydrogens (tertiary/aromatic N) is 2. The second-order valence-electron chi connectivity index (χ2n) is 5.79. The van der Waals surface area contributed by atoms with Crippen LogP contribution in [0.2, 0.25) is 0 Å². The molecule has 21 heavy (non-hydrogen) atoms. The Balaban J connectivity index is 1.88. The molecule has 4 nitrogen and oxygen atoms in total. The van der Waals surface area contributed by atoms with Crippen molar-refractivity contribution in [2.24, 2.45) is 5.92 Å². The van der Waals surface area contributed by atoms with Gasteiger partial charge in [-0.2, -0.15) is 0 Å². The van der Waals surface area contributed by atoms with Crippen molar-refractivity contribution in [1.29, 1.82) is 0 Å². The Morgan fingerprint density at radius 3 is 2.90 bits per heavy atom. The Bertz CT molecular complexity index is 650. The fraction of sp³-hybridized carbons (Fsp3) is 0.412. The van der Waals surface area contributed by atoms with E-state index < -0.39 is 0 Å². The average Bonchev–Trinajstić information content (AvgIpc) is 2.53. The molecule has 110 valence electrons. The van der Waals surface area contributed by atoms with E-state index in [2.05, 4.69) is 17.2 Å². The predicted octanol–water partition coefficient (Wildman–Crippen LogP) is 2.30. The SMILES string of the molecule is CNC1CCN(C(=O)c2nccc3ccccc23)CC1C. The molecule has 1 aliphatic heterocycles. The Morgan fingerprint density at radius 2 is 2.14 bits per heavy atom. The van der Waals surface area contributed by atoms with E-state index in [0.717, 1.165) is 30.3 Å². The summed E-state index contributed by atoms with van der Waals surface area (Å²) in [5.74, 6) is 0.510. The number of hydrogen-bond donors (Lipinski definition) is 1. The van der Waals surface area contributed by atoms with Crippen LogP contribution in [0.5, 0.6) is 0 Å². The van der Waals surface area contributed by atoms with Gasteiger partial charge in [0.2, 0.25) is 0 Å². The lowest BCUT2D eigenvalue weighted by Crippen LogP contribution is -2.49. The van der Waals surface area contributed by atoms with Crippen molar-refractivity contribution in [3.05, 3.63) is 42.2 Å². The van der Waals surface area contributed by atoms with Crippen LogP contribution in [0.3, 0.4) is 0 Å². The average molecular weight is 283 g/mol. The van der Waals surface area contributed by atoms with Gasteiger partial charge < -0.3 is 10.2 Å². The first-order valence-corrected chi connectivity index (χ1v) is 7.51. The molecule has 0 bridgehead atoms.